The molecule has 3 atom stereocenters. The molecule has 2 aliphatic carbocycles. The number of hydrogen-bond acceptors (Lipinski definition) is 1. The van der Waals surface area contributed by atoms with Crippen LogP contribution < -0.4 is 0 Å². The van der Waals surface area contributed by atoms with Crippen LogP contribution in [-0.4, -0.2) is 11.1 Å². The first-order valence-corrected chi connectivity index (χ1v) is 5.49. The van der Waals surface area contributed by atoms with Gasteiger partial charge < -0.3 is 5.11 Å². The van der Waals surface area contributed by atoms with Gasteiger partial charge in [-0.3, -0.25) is 4.79 Å². The topological polar surface area (TPSA) is 37.3 Å². The van der Waals surface area contributed by atoms with Gasteiger partial charge in [0, 0.05) is 10.4 Å². The molecule has 3 rings (SSSR count). The minimum atomic E-state index is -0.634. The van der Waals surface area contributed by atoms with E-state index in [9.17, 15) is 4.79 Å². The van der Waals surface area contributed by atoms with Crippen molar-refractivity contribution in [1.82, 2.24) is 0 Å². The second-order valence-electron chi connectivity index (χ2n) is 4.07. The minimum absolute atomic E-state index is 0.114. The molecule has 1 N–H and O–H groups in total. The second-order valence-corrected chi connectivity index (χ2v) is 4.92. The highest BCUT2D eigenvalue weighted by Crippen LogP contribution is 2.62. The summed E-state index contributed by atoms with van der Waals surface area (Å²) in [6.45, 7) is 0. The summed E-state index contributed by atoms with van der Waals surface area (Å²) in [6, 6.07) is 6.08. The van der Waals surface area contributed by atoms with Crippen LogP contribution in [0.4, 0.5) is 0 Å². The SMILES string of the molecule is O=C(O)[C@@H]1[C@@H]2Cc3c(Br)cccc3[C@H]21. The van der Waals surface area contributed by atoms with Crippen LogP contribution in [0.15, 0.2) is 22.7 Å². The third-order valence-electron chi connectivity index (χ3n) is 3.41. The molecule has 0 amide bonds. The molecular weight excluding hydrogens is 244 g/mol. The summed E-state index contributed by atoms with van der Waals surface area (Å²) in [5.74, 6) is -0.0939. The van der Waals surface area contributed by atoms with Gasteiger partial charge in [-0.1, -0.05) is 28.1 Å². The van der Waals surface area contributed by atoms with Crippen molar-refractivity contribution in [2.45, 2.75) is 12.3 Å². The predicted molar refractivity (Wildman–Crippen MR) is 55.2 cm³/mol. The highest BCUT2D eigenvalue weighted by Gasteiger charge is 2.59. The Morgan fingerprint density at radius 3 is 3.00 bits per heavy atom. The van der Waals surface area contributed by atoms with E-state index < -0.39 is 5.97 Å². The van der Waals surface area contributed by atoms with Crippen LogP contribution >= 0.6 is 15.9 Å². The summed E-state index contributed by atoms with van der Waals surface area (Å²) < 4.78 is 1.13. The maximum atomic E-state index is 10.9. The summed E-state index contributed by atoms with van der Waals surface area (Å²) in [4.78, 5) is 10.9. The molecule has 14 heavy (non-hydrogen) atoms. The van der Waals surface area contributed by atoms with Gasteiger partial charge in [-0.25, -0.2) is 0 Å². The van der Waals surface area contributed by atoms with Crippen molar-refractivity contribution >= 4 is 21.9 Å². The lowest BCUT2D eigenvalue weighted by Gasteiger charge is -2.06. The lowest BCUT2D eigenvalue weighted by atomic mass is 10.0. The van der Waals surface area contributed by atoms with Crippen molar-refractivity contribution in [1.29, 1.82) is 0 Å². The van der Waals surface area contributed by atoms with Crippen LogP contribution in [0, 0.1) is 11.8 Å². The molecule has 0 radical (unpaired) electrons. The van der Waals surface area contributed by atoms with E-state index in [2.05, 4.69) is 22.0 Å². The Morgan fingerprint density at radius 2 is 2.29 bits per heavy atom. The molecule has 0 saturated heterocycles. The Morgan fingerprint density at radius 1 is 1.50 bits per heavy atom. The van der Waals surface area contributed by atoms with Crippen molar-refractivity contribution in [2.24, 2.45) is 11.8 Å². The number of carboxylic acids is 1. The van der Waals surface area contributed by atoms with Gasteiger partial charge in [-0.05, 0) is 29.5 Å². The highest BCUT2D eigenvalue weighted by molar-refractivity contribution is 9.10. The number of carbonyl (C=O) groups is 1. The maximum Gasteiger partial charge on any atom is 0.307 e. The van der Waals surface area contributed by atoms with Gasteiger partial charge in [0.05, 0.1) is 5.92 Å². The van der Waals surface area contributed by atoms with E-state index in [1.165, 1.54) is 11.1 Å². The number of hydrogen-bond donors (Lipinski definition) is 1. The number of rotatable bonds is 1. The first-order chi connectivity index (χ1) is 6.70. The van der Waals surface area contributed by atoms with Crippen molar-refractivity contribution in [3.8, 4) is 0 Å². The van der Waals surface area contributed by atoms with Crippen LogP contribution in [0.2, 0.25) is 0 Å². The van der Waals surface area contributed by atoms with Crippen LogP contribution in [0.1, 0.15) is 17.0 Å². The molecule has 0 heterocycles. The average molecular weight is 253 g/mol. The average Bonchev–Trinajstić information content (AvgIpc) is 2.73. The van der Waals surface area contributed by atoms with Crippen LogP contribution in [-0.2, 0) is 11.2 Å². The van der Waals surface area contributed by atoms with Crippen molar-refractivity contribution in [3.05, 3.63) is 33.8 Å². The molecule has 0 aliphatic heterocycles. The van der Waals surface area contributed by atoms with Gasteiger partial charge in [0.15, 0.2) is 0 Å². The third-order valence-corrected chi connectivity index (χ3v) is 4.15. The molecule has 3 heteroatoms. The van der Waals surface area contributed by atoms with E-state index in [0.29, 0.717) is 11.8 Å². The predicted octanol–water partition coefficient (Wildman–Crippen LogP) is 2.42. The molecular formula is C11H9BrO2. The molecule has 1 saturated carbocycles. The number of aliphatic carboxylic acids is 1. The zero-order valence-electron chi connectivity index (χ0n) is 7.40. The monoisotopic (exact) mass is 252 g/mol. The zero-order valence-corrected chi connectivity index (χ0v) is 8.99. The fourth-order valence-corrected chi connectivity index (χ4v) is 3.27. The lowest BCUT2D eigenvalue weighted by molar-refractivity contribution is -0.139. The van der Waals surface area contributed by atoms with Gasteiger partial charge in [-0.2, -0.15) is 0 Å². The maximum absolute atomic E-state index is 10.9. The summed E-state index contributed by atoms with van der Waals surface area (Å²) in [5, 5.41) is 8.94. The molecule has 0 unspecified atom stereocenters. The summed E-state index contributed by atoms with van der Waals surface area (Å²) in [5.41, 5.74) is 2.57. The molecule has 0 spiro atoms. The second kappa shape index (κ2) is 2.60. The van der Waals surface area contributed by atoms with E-state index >= 15 is 0 Å². The summed E-state index contributed by atoms with van der Waals surface area (Å²) in [7, 11) is 0. The Kier molecular flexibility index (Phi) is 1.57. The van der Waals surface area contributed by atoms with Crippen LogP contribution in [0.5, 0.6) is 0 Å². The number of fused-ring (bicyclic) bond motifs is 3. The van der Waals surface area contributed by atoms with Crippen molar-refractivity contribution < 1.29 is 9.90 Å². The van der Waals surface area contributed by atoms with E-state index in [1.807, 2.05) is 12.1 Å². The number of carboxylic acid groups (broad SMARTS) is 1. The Balaban J connectivity index is 2.03. The first kappa shape index (κ1) is 8.48. The quantitative estimate of drug-likeness (QED) is 0.834. The molecule has 1 aromatic rings. The Hall–Kier alpha value is -0.830. The van der Waals surface area contributed by atoms with E-state index in [1.54, 1.807) is 0 Å². The van der Waals surface area contributed by atoms with E-state index in [-0.39, 0.29) is 5.92 Å². The van der Waals surface area contributed by atoms with E-state index in [4.69, 9.17) is 5.11 Å². The first-order valence-electron chi connectivity index (χ1n) is 4.70. The molecule has 2 nitrogen and oxygen atoms in total. The number of benzene rings is 1. The molecule has 72 valence electrons. The smallest absolute Gasteiger partial charge is 0.307 e. The van der Waals surface area contributed by atoms with E-state index in [0.717, 1.165) is 10.9 Å². The Labute approximate surface area is 90.1 Å². The molecule has 2 aliphatic rings. The Bertz CT molecular complexity index is 427. The highest BCUT2D eigenvalue weighted by atomic mass is 79.9. The van der Waals surface area contributed by atoms with Gasteiger partial charge in [0.25, 0.3) is 0 Å². The fraction of sp³-hybridized carbons (Fsp3) is 0.364. The molecule has 0 bridgehead atoms. The minimum Gasteiger partial charge on any atom is -0.481 e. The third kappa shape index (κ3) is 0.934. The zero-order chi connectivity index (χ0) is 9.87. The largest absolute Gasteiger partial charge is 0.481 e. The fourth-order valence-electron chi connectivity index (χ4n) is 2.73. The normalized spacial score (nSPS) is 32.2. The van der Waals surface area contributed by atoms with Crippen LogP contribution in [0.25, 0.3) is 0 Å². The number of halogens is 1. The van der Waals surface area contributed by atoms with Crippen molar-refractivity contribution in [2.75, 3.05) is 0 Å². The van der Waals surface area contributed by atoms with Gasteiger partial charge in [-0.15, -0.1) is 0 Å². The van der Waals surface area contributed by atoms with Crippen molar-refractivity contribution in [3.63, 3.8) is 0 Å². The molecule has 0 aromatic heterocycles. The van der Waals surface area contributed by atoms with Crippen LogP contribution in [0.3, 0.4) is 0 Å². The lowest BCUT2D eigenvalue weighted by Crippen LogP contribution is -2.05. The standard InChI is InChI=1S/C11H9BrO2/c12-8-3-1-2-5-6(8)4-7-9(5)10(7)11(13)14/h1-3,7,9-10H,4H2,(H,13,14)/t7-,9-,10-/m1/s1. The summed E-state index contributed by atoms with van der Waals surface area (Å²) >= 11 is 3.50. The van der Waals surface area contributed by atoms with Gasteiger partial charge in [0.2, 0.25) is 0 Å². The summed E-state index contributed by atoms with van der Waals surface area (Å²) in [6.07, 6.45) is 0.929. The molecule has 1 aromatic carbocycles. The molecule has 1 fully saturated rings. The van der Waals surface area contributed by atoms with Gasteiger partial charge >= 0.3 is 5.97 Å². The van der Waals surface area contributed by atoms with Gasteiger partial charge in [0.1, 0.15) is 0 Å².